The van der Waals surface area contributed by atoms with Gasteiger partial charge in [0.2, 0.25) is 5.95 Å². The highest BCUT2D eigenvalue weighted by Gasteiger charge is 2.18. The number of nitrogens with zero attached hydrogens (tertiary/aromatic N) is 5. The monoisotopic (exact) mass is 449 g/mol. The number of nitrogens with one attached hydrogen (secondary N) is 2. The summed E-state index contributed by atoms with van der Waals surface area (Å²) in [4.78, 5) is 22.6. The zero-order valence-electron chi connectivity index (χ0n) is 16.3. The van der Waals surface area contributed by atoms with Crippen LogP contribution in [0.3, 0.4) is 0 Å². The highest BCUT2D eigenvalue weighted by molar-refractivity contribution is 7.20. The minimum Gasteiger partial charge on any atom is -0.288 e. The molecule has 0 fully saturated rings. The molecule has 10 heteroatoms. The lowest BCUT2D eigenvalue weighted by atomic mass is 10.2. The maximum Gasteiger partial charge on any atom is 0.268 e. The fraction of sp³-hybridized carbons (Fsp3) is 0.0952. The highest BCUT2D eigenvalue weighted by atomic mass is 35.5. The summed E-state index contributed by atoms with van der Waals surface area (Å²) in [6.45, 7) is 2.46. The quantitative estimate of drug-likeness (QED) is 0.410. The van der Waals surface area contributed by atoms with Crippen LogP contribution in [0.15, 0.2) is 54.9 Å². The Labute approximate surface area is 185 Å². The van der Waals surface area contributed by atoms with E-state index in [1.54, 1.807) is 12.4 Å². The van der Waals surface area contributed by atoms with E-state index in [2.05, 4.69) is 30.6 Å². The summed E-state index contributed by atoms with van der Waals surface area (Å²) in [6, 6.07) is 13.1. The van der Waals surface area contributed by atoms with E-state index in [0.717, 1.165) is 27.0 Å². The second-order valence-corrected chi connectivity index (χ2v) is 8.30. The van der Waals surface area contributed by atoms with Crippen LogP contribution in [0.4, 0.5) is 5.95 Å². The predicted octanol–water partition coefficient (Wildman–Crippen LogP) is 4.54. The van der Waals surface area contributed by atoms with Gasteiger partial charge in [-0.2, -0.15) is 10.1 Å². The lowest BCUT2D eigenvalue weighted by Crippen LogP contribution is -2.11. The number of carbonyl (C=O) groups excluding carboxylic acids is 1. The molecule has 0 aliphatic heterocycles. The Balaban J connectivity index is 1.39. The molecule has 0 spiro atoms. The Bertz CT molecular complexity index is 1390. The molecule has 0 unspecified atom stereocenters. The average molecular weight is 450 g/mol. The normalized spacial score (nSPS) is 11.2. The van der Waals surface area contributed by atoms with Gasteiger partial charge in [-0.05, 0) is 36.8 Å². The van der Waals surface area contributed by atoms with E-state index in [9.17, 15) is 4.79 Å². The first-order valence-corrected chi connectivity index (χ1v) is 10.6. The summed E-state index contributed by atoms with van der Waals surface area (Å²) in [5, 5.41) is 15.9. The molecule has 0 radical (unpaired) electrons. The molecule has 0 atom stereocenters. The summed E-state index contributed by atoms with van der Waals surface area (Å²) in [7, 11) is 0. The molecular formula is C21H16ClN7OS. The van der Waals surface area contributed by atoms with Gasteiger partial charge in [0, 0.05) is 28.4 Å². The molecule has 0 saturated carbocycles. The zero-order chi connectivity index (χ0) is 21.4. The Morgan fingerprint density at radius 3 is 2.84 bits per heavy atom. The third-order valence-corrected chi connectivity index (χ3v) is 6.29. The van der Waals surface area contributed by atoms with E-state index in [4.69, 9.17) is 11.6 Å². The zero-order valence-corrected chi connectivity index (χ0v) is 17.9. The third-order valence-electron chi connectivity index (χ3n) is 4.77. The van der Waals surface area contributed by atoms with Crippen LogP contribution >= 0.6 is 22.9 Å². The van der Waals surface area contributed by atoms with Crippen molar-refractivity contribution in [3.8, 4) is 11.4 Å². The van der Waals surface area contributed by atoms with Crippen molar-refractivity contribution in [2.45, 2.75) is 13.5 Å². The number of hydrogen-bond donors (Lipinski definition) is 2. The van der Waals surface area contributed by atoms with Crippen molar-refractivity contribution in [1.29, 1.82) is 0 Å². The molecule has 1 aromatic carbocycles. The molecule has 8 nitrogen and oxygen atoms in total. The smallest absolute Gasteiger partial charge is 0.268 e. The number of hydrogen-bond acceptors (Lipinski definition) is 6. The molecule has 31 heavy (non-hydrogen) atoms. The molecule has 0 aliphatic carbocycles. The Kier molecular flexibility index (Phi) is 4.97. The van der Waals surface area contributed by atoms with Crippen molar-refractivity contribution in [3.63, 3.8) is 0 Å². The Morgan fingerprint density at radius 2 is 2.03 bits per heavy atom. The lowest BCUT2D eigenvalue weighted by Gasteiger charge is -2.05. The van der Waals surface area contributed by atoms with Gasteiger partial charge >= 0.3 is 0 Å². The topological polar surface area (TPSA) is 101 Å². The Morgan fingerprint density at radius 1 is 1.23 bits per heavy atom. The van der Waals surface area contributed by atoms with Crippen LogP contribution in [0.25, 0.3) is 21.6 Å². The third kappa shape index (κ3) is 3.80. The molecule has 2 N–H and O–H groups in total. The molecule has 154 valence electrons. The summed E-state index contributed by atoms with van der Waals surface area (Å²) >= 11 is 7.67. The number of anilines is 1. The molecule has 0 saturated heterocycles. The number of aromatic amines is 1. The number of aryl methyl sites for hydroxylation is 1. The summed E-state index contributed by atoms with van der Waals surface area (Å²) in [5.41, 5.74) is 2.66. The number of thiophene rings is 1. The number of aromatic nitrogens is 6. The molecule has 5 rings (SSSR count). The van der Waals surface area contributed by atoms with Gasteiger partial charge < -0.3 is 0 Å². The second kappa shape index (κ2) is 7.93. The van der Waals surface area contributed by atoms with Crippen molar-refractivity contribution in [2.75, 3.05) is 5.32 Å². The first-order valence-electron chi connectivity index (χ1n) is 9.43. The SMILES string of the molecule is Cc1nn(Cc2ccccc2Cl)c2sc(C(=O)Nc3n[nH]c(-c4ccncc4)n3)cc12. The maximum atomic E-state index is 12.8. The van der Waals surface area contributed by atoms with Crippen LogP contribution in [0, 0.1) is 6.92 Å². The number of H-pyrrole nitrogens is 1. The first kappa shape index (κ1) is 19.4. The van der Waals surface area contributed by atoms with Crippen LogP contribution < -0.4 is 5.32 Å². The number of benzene rings is 1. The van der Waals surface area contributed by atoms with E-state index < -0.39 is 0 Å². The maximum absolute atomic E-state index is 12.8. The molecule has 0 aliphatic rings. The largest absolute Gasteiger partial charge is 0.288 e. The fourth-order valence-electron chi connectivity index (χ4n) is 3.24. The summed E-state index contributed by atoms with van der Waals surface area (Å²) in [6.07, 6.45) is 3.34. The van der Waals surface area contributed by atoms with Crippen LogP contribution in [0.5, 0.6) is 0 Å². The van der Waals surface area contributed by atoms with Gasteiger partial charge in [0.15, 0.2) is 5.82 Å². The predicted molar refractivity (Wildman–Crippen MR) is 120 cm³/mol. The van der Waals surface area contributed by atoms with Crippen molar-refractivity contribution in [3.05, 3.63) is 76.0 Å². The van der Waals surface area contributed by atoms with Crippen LogP contribution in [0.1, 0.15) is 20.9 Å². The van der Waals surface area contributed by atoms with Crippen molar-refractivity contribution >= 4 is 45.0 Å². The van der Waals surface area contributed by atoms with Crippen molar-refractivity contribution < 1.29 is 4.79 Å². The molecular weight excluding hydrogens is 434 g/mol. The second-order valence-electron chi connectivity index (χ2n) is 6.86. The van der Waals surface area contributed by atoms with E-state index in [1.807, 2.05) is 54.1 Å². The standard InChI is InChI=1S/C21H16ClN7OS/c1-12-15-10-17(31-20(15)29(28-12)11-14-4-2-3-5-16(14)22)19(30)25-21-24-18(26-27-21)13-6-8-23-9-7-13/h2-10H,11H2,1H3,(H2,24,25,26,27,30). The first-order chi connectivity index (χ1) is 15.1. The molecule has 0 bridgehead atoms. The van der Waals surface area contributed by atoms with Crippen molar-refractivity contribution in [1.82, 2.24) is 29.9 Å². The molecule has 1 amide bonds. The van der Waals surface area contributed by atoms with Gasteiger partial charge in [0.1, 0.15) is 4.83 Å². The minimum atomic E-state index is -0.273. The number of amides is 1. The van der Waals surface area contributed by atoms with Gasteiger partial charge in [0.25, 0.3) is 5.91 Å². The van der Waals surface area contributed by atoms with Crippen LogP contribution in [-0.2, 0) is 6.54 Å². The van der Waals surface area contributed by atoms with E-state index in [0.29, 0.717) is 22.3 Å². The van der Waals surface area contributed by atoms with Crippen LogP contribution in [-0.4, -0.2) is 35.9 Å². The van der Waals surface area contributed by atoms with Gasteiger partial charge in [-0.1, -0.05) is 29.8 Å². The number of rotatable bonds is 5. The molecule has 5 aromatic rings. The fourth-order valence-corrected chi connectivity index (χ4v) is 4.49. The van der Waals surface area contributed by atoms with Gasteiger partial charge in [0.05, 0.1) is 17.1 Å². The number of fused-ring (bicyclic) bond motifs is 1. The highest BCUT2D eigenvalue weighted by Crippen LogP contribution is 2.30. The number of pyridine rings is 1. The van der Waals surface area contributed by atoms with Gasteiger partial charge in [-0.25, -0.2) is 0 Å². The summed E-state index contributed by atoms with van der Waals surface area (Å²) in [5.74, 6) is 0.495. The summed E-state index contributed by atoms with van der Waals surface area (Å²) < 4.78 is 1.88. The van der Waals surface area contributed by atoms with E-state index in [1.165, 1.54) is 11.3 Å². The average Bonchev–Trinajstić information content (AvgIpc) is 3.48. The van der Waals surface area contributed by atoms with Crippen LogP contribution in [0.2, 0.25) is 5.02 Å². The lowest BCUT2D eigenvalue weighted by molar-refractivity contribution is 0.103. The number of carbonyl (C=O) groups is 1. The Hall–Kier alpha value is -3.56. The van der Waals surface area contributed by atoms with Gasteiger partial charge in [-0.3, -0.25) is 24.9 Å². The minimum absolute atomic E-state index is 0.212. The van der Waals surface area contributed by atoms with Crippen molar-refractivity contribution in [2.24, 2.45) is 0 Å². The van der Waals surface area contributed by atoms with Gasteiger partial charge in [-0.15, -0.1) is 16.4 Å². The number of halogens is 1. The molecule has 4 aromatic heterocycles. The van der Waals surface area contributed by atoms with E-state index >= 15 is 0 Å². The molecule has 4 heterocycles. The van der Waals surface area contributed by atoms with E-state index in [-0.39, 0.29) is 11.9 Å².